The molecule has 1 unspecified atom stereocenters. The lowest BCUT2D eigenvalue weighted by Crippen LogP contribution is -2.62. The first kappa shape index (κ1) is 18.0. The zero-order chi connectivity index (χ0) is 20.3. The van der Waals surface area contributed by atoms with Gasteiger partial charge in [0.25, 0.3) is 0 Å². The van der Waals surface area contributed by atoms with Crippen LogP contribution in [0.4, 0.5) is 0 Å². The lowest BCUT2D eigenvalue weighted by atomic mass is 9.90. The molecule has 1 saturated heterocycles. The highest BCUT2D eigenvalue weighted by Gasteiger charge is 2.53. The molecule has 1 atom stereocenters. The molecule has 0 aliphatic carbocycles. The first-order valence-corrected chi connectivity index (χ1v) is 11.0. The van der Waals surface area contributed by atoms with Gasteiger partial charge in [-0.05, 0) is 28.5 Å². The highest BCUT2D eigenvalue weighted by atomic mass is 16.5. The third kappa shape index (κ3) is 2.74. The monoisotopic (exact) mass is 398 g/mol. The van der Waals surface area contributed by atoms with Crippen molar-refractivity contribution in [1.29, 1.82) is 0 Å². The van der Waals surface area contributed by atoms with E-state index in [1.54, 1.807) is 0 Å². The van der Waals surface area contributed by atoms with Crippen molar-refractivity contribution in [1.82, 2.24) is 5.01 Å². The van der Waals surface area contributed by atoms with Gasteiger partial charge < -0.3 is 9.22 Å². The van der Waals surface area contributed by atoms with Crippen LogP contribution in [0.2, 0.25) is 0 Å². The Morgan fingerprint density at radius 3 is 2.50 bits per heavy atom. The number of hydrogen-bond donors (Lipinski definition) is 0. The van der Waals surface area contributed by atoms with Gasteiger partial charge >= 0.3 is 0 Å². The summed E-state index contributed by atoms with van der Waals surface area (Å²) in [4.78, 5) is 0. The van der Waals surface area contributed by atoms with Crippen molar-refractivity contribution in [3.63, 3.8) is 0 Å². The highest BCUT2D eigenvalue weighted by molar-refractivity contribution is 6.04. The van der Waals surface area contributed by atoms with Crippen molar-refractivity contribution in [3.05, 3.63) is 77.9 Å². The van der Waals surface area contributed by atoms with E-state index in [1.807, 2.05) is 0 Å². The fourth-order valence-electron chi connectivity index (χ4n) is 5.29. The molecule has 4 nitrogen and oxygen atoms in total. The van der Waals surface area contributed by atoms with Crippen LogP contribution in [0, 0.1) is 0 Å². The van der Waals surface area contributed by atoms with Crippen LogP contribution < -0.4 is 4.74 Å². The fourth-order valence-corrected chi connectivity index (χ4v) is 5.29. The number of hydrazone groups is 1. The molecule has 0 bridgehead atoms. The standard InChI is InChI=1S/C26H28N3O/c1-29(2)15-13-26(14-16-29)28-24(22-9-5-6-10-25(22)30-26)18-23(27-28)21-12-11-19-7-3-4-8-20(19)17-21/h3-12,17,24H,13-16,18H2,1-2H3/q+1. The topological polar surface area (TPSA) is 24.8 Å². The molecule has 0 saturated carbocycles. The number of benzene rings is 3. The summed E-state index contributed by atoms with van der Waals surface area (Å²) in [6.45, 7) is 2.21. The summed E-state index contributed by atoms with van der Waals surface area (Å²) >= 11 is 0. The molecule has 3 aromatic rings. The zero-order valence-corrected chi connectivity index (χ0v) is 17.7. The lowest BCUT2D eigenvalue weighted by molar-refractivity contribution is -0.898. The van der Waals surface area contributed by atoms with Crippen molar-refractivity contribution in [2.24, 2.45) is 5.10 Å². The first-order chi connectivity index (χ1) is 14.5. The molecule has 0 amide bonds. The third-order valence-electron chi connectivity index (χ3n) is 7.20. The summed E-state index contributed by atoms with van der Waals surface area (Å²) in [5.41, 5.74) is 3.33. The maximum Gasteiger partial charge on any atom is 0.208 e. The Kier molecular flexibility index (Phi) is 3.79. The van der Waals surface area contributed by atoms with Gasteiger partial charge in [-0.25, -0.2) is 5.01 Å². The van der Waals surface area contributed by atoms with E-state index < -0.39 is 0 Å². The number of rotatable bonds is 1. The van der Waals surface area contributed by atoms with Gasteiger partial charge in [-0.3, -0.25) is 0 Å². The maximum absolute atomic E-state index is 6.73. The molecule has 3 aromatic carbocycles. The van der Waals surface area contributed by atoms with Crippen LogP contribution >= 0.6 is 0 Å². The highest BCUT2D eigenvalue weighted by Crippen LogP contribution is 2.50. The molecule has 3 aliphatic heterocycles. The molecule has 3 aliphatic rings. The Labute approximate surface area is 178 Å². The van der Waals surface area contributed by atoms with Gasteiger partial charge in [-0.15, -0.1) is 0 Å². The fraction of sp³-hybridized carbons (Fsp3) is 0.346. The van der Waals surface area contributed by atoms with Crippen LogP contribution in [-0.4, -0.2) is 48.1 Å². The number of para-hydroxylation sites is 1. The molecule has 0 N–H and O–H groups in total. The summed E-state index contributed by atoms with van der Waals surface area (Å²) in [7, 11) is 4.63. The zero-order valence-electron chi connectivity index (χ0n) is 17.7. The summed E-state index contributed by atoms with van der Waals surface area (Å²) in [6.07, 6.45) is 2.93. The van der Waals surface area contributed by atoms with Crippen LogP contribution in [0.1, 0.15) is 36.4 Å². The van der Waals surface area contributed by atoms with Gasteiger partial charge in [0.1, 0.15) is 5.75 Å². The second-order valence-corrected chi connectivity index (χ2v) is 9.64. The van der Waals surface area contributed by atoms with Crippen LogP contribution in [-0.2, 0) is 0 Å². The van der Waals surface area contributed by atoms with E-state index in [9.17, 15) is 0 Å². The van der Waals surface area contributed by atoms with Gasteiger partial charge in [0.05, 0.1) is 51.8 Å². The van der Waals surface area contributed by atoms with E-state index in [0.29, 0.717) is 0 Å². The Bertz CT molecular complexity index is 1160. The molecule has 0 aromatic heterocycles. The lowest BCUT2D eigenvalue weighted by Gasteiger charge is -2.52. The van der Waals surface area contributed by atoms with Crippen molar-refractivity contribution < 1.29 is 9.22 Å². The largest absolute Gasteiger partial charge is 0.466 e. The van der Waals surface area contributed by atoms with Crippen molar-refractivity contribution in [2.75, 3.05) is 27.2 Å². The third-order valence-corrected chi connectivity index (χ3v) is 7.20. The van der Waals surface area contributed by atoms with E-state index in [1.165, 1.54) is 27.6 Å². The molecule has 6 rings (SSSR count). The van der Waals surface area contributed by atoms with Gasteiger partial charge in [0, 0.05) is 12.0 Å². The van der Waals surface area contributed by atoms with Crippen LogP contribution in [0.5, 0.6) is 5.75 Å². The van der Waals surface area contributed by atoms with Gasteiger partial charge in [0.15, 0.2) is 0 Å². The van der Waals surface area contributed by atoms with Gasteiger partial charge in [-0.1, -0.05) is 54.6 Å². The van der Waals surface area contributed by atoms with Crippen molar-refractivity contribution in [2.45, 2.75) is 31.0 Å². The molecule has 3 heterocycles. The number of ether oxygens (including phenoxy) is 1. The maximum atomic E-state index is 6.73. The number of piperidine rings is 1. The minimum Gasteiger partial charge on any atom is -0.466 e. The second-order valence-electron chi connectivity index (χ2n) is 9.64. The van der Waals surface area contributed by atoms with E-state index in [0.717, 1.165) is 42.6 Å². The summed E-state index contributed by atoms with van der Waals surface area (Å²) in [5, 5.41) is 10.1. The minimum absolute atomic E-state index is 0.255. The normalized spacial score (nSPS) is 23.6. The van der Waals surface area contributed by atoms with Crippen molar-refractivity contribution >= 4 is 16.5 Å². The predicted octanol–water partition coefficient (Wildman–Crippen LogP) is 4.95. The Balaban J connectivity index is 1.43. The Morgan fingerprint density at radius 1 is 0.933 bits per heavy atom. The predicted molar refractivity (Wildman–Crippen MR) is 121 cm³/mol. The average Bonchev–Trinajstić information content (AvgIpc) is 3.22. The molecular formula is C26H28N3O+. The van der Waals surface area contributed by atoms with Gasteiger partial charge in [0.2, 0.25) is 5.72 Å². The quantitative estimate of drug-likeness (QED) is 0.542. The molecule has 0 radical (unpaired) electrons. The van der Waals surface area contributed by atoms with E-state index >= 15 is 0 Å². The summed E-state index contributed by atoms with van der Waals surface area (Å²) in [6, 6.07) is 24.1. The minimum atomic E-state index is -0.328. The number of nitrogens with zero attached hydrogens (tertiary/aromatic N) is 3. The van der Waals surface area contributed by atoms with Crippen LogP contribution in [0.3, 0.4) is 0 Å². The smallest absolute Gasteiger partial charge is 0.208 e. The molecule has 4 heteroatoms. The summed E-state index contributed by atoms with van der Waals surface area (Å²) in [5.74, 6) is 1.04. The van der Waals surface area contributed by atoms with Crippen LogP contribution in [0.15, 0.2) is 71.8 Å². The number of fused-ring (bicyclic) bond motifs is 5. The second kappa shape index (κ2) is 6.32. The average molecular weight is 399 g/mol. The molecule has 1 spiro atoms. The molecule has 152 valence electrons. The molecule has 1 fully saturated rings. The Morgan fingerprint density at radius 2 is 1.67 bits per heavy atom. The van der Waals surface area contributed by atoms with E-state index in [2.05, 4.69) is 85.8 Å². The SMILES string of the molecule is C[N+]1(C)CCC2(CC1)Oc1ccccc1C1CC(c3ccc4ccccc4c3)=NN12. The van der Waals surface area contributed by atoms with Crippen LogP contribution in [0.25, 0.3) is 10.8 Å². The first-order valence-electron chi connectivity index (χ1n) is 11.0. The Hall–Kier alpha value is -2.85. The van der Waals surface area contributed by atoms with E-state index in [4.69, 9.17) is 9.84 Å². The molecular weight excluding hydrogens is 370 g/mol. The van der Waals surface area contributed by atoms with Gasteiger partial charge in [-0.2, -0.15) is 5.10 Å². The number of hydrogen-bond acceptors (Lipinski definition) is 3. The number of likely N-dealkylation sites (tertiary alicyclic amines) is 1. The molecule has 30 heavy (non-hydrogen) atoms. The number of quaternary nitrogens is 1. The van der Waals surface area contributed by atoms with Crippen molar-refractivity contribution in [3.8, 4) is 5.75 Å². The summed E-state index contributed by atoms with van der Waals surface area (Å²) < 4.78 is 7.78. The van der Waals surface area contributed by atoms with E-state index in [-0.39, 0.29) is 11.8 Å².